The van der Waals surface area contributed by atoms with Gasteiger partial charge in [0.1, 0.15) is 4.90 Å². The Hall–Kier alpha value is -2.56. The van der Waals surface area contributed by atoms with Crippen LogP contribution < -0.4 is 4.90 Å². The Morgan fingerprint density at radius 3 is 2.35 bits per heavy atom. The van der Waals surface area contributed by atoms with E-state index in [1.807, 2.05) is 36.4 Å². The number of imide groups is 1. The second kappa shape index (κ2) is 8.90. The van der Waals surface area contributed by atoms with E-state index in [0.717, 1.165) is 33.2 Å². The number of piperazine rings is 1. The lowest BCUT2D eigenvalue weighted by molar-refractivity contribution is -0.149. The first-order chi connectivity index (χ1) is 16.3. The molecular weight excluding hydrogens is 522 g/mol. The standard InChI is InChI=1S/C24H24BrN3O5S/c25-19-12-18-9-11-28(24(31)17-6-7-17)23(18)20(13-19)34(32,33)26-14-21(29)27(22(30)15-26)10-8-16-4-2-1-3-5-16/h1-5,12-13,17H,6-11,14-15H2. The van der Waals surface area contributed by atoms with Crippen LogP contribution in [0.3, 0.4) is 0 Å². The van der Waals surface area contributed by atoms with Crippen LogP contribution >= 0.6 is 15.9 Å². The van der Waals surface area contributed by atoms with Gasteiger partial charge in [0.05, 0.1) is 18.8 Å². The summed E-state index contributed by atoms with van der Waals surface area (Å²) in [5, 5.41) is 0. The number of halogens is 1. The van der Waals surface area contributed by atoms with Crippen molar-refractivity contribution in [3.8, 4) is 0 Å². The first-order valence-corrected chi connectivity index (χ1v) is 13.5. The molecule has 34 heavy (non-hydrogen) atoms. The van der Waals surface area contributed by atoms with Gasteiger partial charge in [0, 0.05) is 23.5 Å². The number of anilines is 1. The summed E-state index contributed by atoms with van der Waals surface area (Å²) in [6.45, 7) is -0.207. The zero-order chi connectivity index (χ0) is 24.0. The molecule has 2 heterocycles. The average Bonchev–Trinajstić information content (AvgIpc) is 3.57. The number of carbonyl (C=O) groups excluding carboxylic acids is 3. The largest absolute Gasteiger partial charge is 0.310 e. The normalized spacial score (nSPS) is 19.0. The molecule has 0 spiro atoms. The molecular formula is C24H24BrN3O5S. The number of amides is 3. The molecule has 1 aliphatic carbocycles. The number of benzene rings is 2. The molecule has 2 fully saturated rings. The number of rotatable bonds is 6. The monoisotopic (exact) mass is 545 g/mol. The van der Waals surface area contributed by atoms with E-state index in [-0.39, 0.29) is 23.3 Å². The molecule has 0 unspecified atom stereocenters. The maximum Gasteiger partial charge on any atom is 0.246 e. The Balaban J connectivity index is 1.39. The second-order valence-electron chi connectivity index (χ2n) is 8.87. The lowest BCUT2D eigenvalue weighted by Crippen LogP contribution is -2.55. The van der Waals surface area contributed by atoms with Crippen molar-refractivity contribution in [3.63, 3.8) is 0 Å². The van der Waals surface area contributed by atoms with Crippen molar-refractivity contribution in [3.05, 3.63) is 58.1 Å². The fourth-order valence-electron chi connectivity index (χ4n) is 4.55. The highest BCUT2D eigenvalue weighted by Crippen LogP contribution is 2.42. The topological polar surface area (TPSA) is 95.1 Å². The van der Waals surface area contributed by atoms with Crippen molar-refractivity contribution in [1.29, 1.82) is 0 Å². The number of hydrogen-bond donors (Lipinski definition) is 0. The number of sulfonamides is 1. The van der Waals surface area contributed by atoms with E-state index < -0.39 is 34.9 Å². The fraction of sp³-hybridized carbons (Fsp3) is 0.375. The summed E-state index contributed by atoms with van der Waals surface area (Å²) in [7, 11) is -4.20. The van der Waals surface area contributed by atoms with Gasteiger partial charge in [-0.1, -0.05) is 46.3 Å². The van der Waals surface area contributed by atoms with Gasteiger partial charge in [0.15, 0.2) is 0 Å². The van der Waals surface area contributed by atoms with E-state index in [1.54, 1.807) is 4.90 Å². The van der Waals surface area contributed by atoms with Gasteiger partial charge in [0.2, 0.25) is 27.7 Å². The second-order valence-corrected chi connectivity index (χ2v) is 11.7. The smallest absolute Gasteiger partial charge is 0.246 e. The van der Waals surface area contributed by atoms with Gasteiger partial charge in [0.25, 0.3) is 0 Å². The first kappa shape index (κ1) is 23.2. The van der Waals surface area contributed by atoms with Crippen molar-refractivity contribution in [1.82, 2.24) is 9.21 Å². The summed E-state index contributed by atoms with van der Waals surface area (Å²) in [5.74, 6) is -1.21. The predicted octanol–water partition coefficient (Wildman–Crippen LogP) is 2.35. The third-order valence-corrected chi connectivity index (χ3v) is 8.76. The molecule has 3 aliphatic rings. The summed E-state index contributed by atoms with van der Waals surface area (Å²) in [6.07, 6.45) is 2.69. The summed E-state index contributed by atoms with van der Waals surface area (Å²) in [6, 6.07) is 12.8. The van der Waals surface area contributed by atoms with Crippen LogP contribution in [0.15, 0.2) is 51.8 Å². The molecule has 10 heteroatoms. The Kier molecular flexibility index (Phi) is 6.07. The van der Waals surface area contributed by atoms with Crippen molar-refractivity contribution in [2.75, 3.05) is 31.1 Å². The molecule has 178 valence electrons. The van der Waals surface area contributed by atoms with Crippen LogP contribution in [0.4, 0.5) is 5.69 Å². The predicted molar refractivity (Wildman–Crippen MR) is 129 cm³/mol. The van der Waals surface area contributed by atoms with Gasteiger partial charge in [-0.15, -0.1) is 0 Å². The maximum absolute atomic E-state index is 13.7. The lowest BCUT2D eigenvalue weighted by Gasteiger charge is -2.33. The molecule has 5 rings (SSSR count). The molecule has 2 aromatic carbocycles. The van der Waals surface area contributed by atoms with E-state index in [1.165, 1.54) is 6.07 Å². The van der Waals surface area contributed by atoms with Gasteiger partial charge < -0.3 is 4.90 Å². The summed E-state index contributed by atoms with van der Waals surface area (Å²) >= 11 is 3.38. The molecule has 0 aromatic heterocycles. The van der Waals surface area contributed by atoms with E-state index in [2.05, 4.69) is 15.9 Å². The van der Waals surface area contributed by atoms with Gasteiger partial charge in [-0.05, 0) is 48.9 Å². The fourth-order valence-corrected chi connectivity index (χ4v) is 6.81. The quantitative estimate of drug-likeness (QED) is 0.519. The lowest BCUT2D eigenvalue weighted by atomic mass is 10.1. The van der Waals surface area contributed by atoms with E-state index in [4.69, 9.17) is 0 Å². The van der Waals surface area contributed by atoms with Crippen molar-refractivity contribution >= 4 is 49.4 Å². The minimum absolute atomic E-state index is 0.0401. The number of carbonyl (C=O) groups is 3. The highest BCUT2D eigenvalue weighted by atomic mass is 79.9. The molecule has 3 amide bonds. The molecule has 8 nitrogen and oxygen atoms in total. The molecule has 0 bridgehead atoms. The van der Waals surface area contributed by atoms with Gasteiger partial charge >= 0.3 is 0 Å². The van der Waals surface area contributed by atoms with E-state index in [9.17, 15) is 22.8 Å². The highest BCUT2D eigenvalue weighted by Gasteiger charge is 2.43. The van der Waals surface area contributed by atoms with Crippen LogP contribution in [0.25, 0.3) is 0 Å². The summed E-state index contributed by atoms with van der Waals surface area (Å²) in [4.78, 5) is 41.1. The molecule has 0 radical (unpaired) electrons. The summed E-state index contributed by atoms with van der Waals surface area (Å²) in [5.41, 5.74) is 2.14. The van der Waals surface area contributed by atoms with Crippen LogP contribution in [0, 0.1) is 5.92 Å². The van der Waals surface area contributed by atoms with Crippen molar-refractivity contribution < 1.29 is 22.8 Å². The number of fused-ring (bicyclic) bond motifs is 1. The Morgan fingerprint density at radius 2 is 1.71 bits per heavy atom. The molecule has 1 saturated carbocycles. The van der Waals surface area contributed by atoms with Crippen LogP contribution in [-0.2, 0) is 37.2 Å². The Bertz CT molecular complexity index is 1260. The summed E-state index contributed by atoms with van der Waals surface area (Å²) < 4.78 is 28.8. The van der Waals surface area contributed by atoms with Crippen LogP contribution in [0.2, 0.25) is 0 Å². The highest BCUT2D eigenvalue weighted by molar-refractivity contribution is 9.10. The van der Waals surface area contributed by atoms with Crippen LogP contribution in [-0.4, -0.2) is 61.5 Å². The number of nitrogens with zero attached hydrogens (tertiary/aromatic N) is 3. The third kappa shape index (κ3) is 4.30. The third-order valence-electron chi connectivity index (χ3n) is 6.50. The van der Waals surface area contributed by atoms with Gasteiger partial charge in [-0.2, -0.15) is 4.31 Å². The van der Waals surface area contributed by atoms with E-state index in [0.29, 0.717) is 29.5 Å². The average molecular weight is 546 g/mol. The molecule has 0 atom stereocenters. The zero-order valence-corrected chi connectivity index (χ0v) is 20.8. The first-order valence-electron chi connectivity index (χ1n) is 11.3. The molecule has 1 saturated heterocycles. The zero-order valence-electron chi connectivity index (χ0n) is 18.4. The molecule has 0 N–H and O–H groups in total. The van der Waals surface area contributed by atoms with Gasteiger partial charge in [-0.25, -0.2) is 8.42 Å². The SMILES string of the molecule is O=C1CN(S(=O)(=O)c2cc(Br)cc3c2N(C(=O)C2CC2)CC3)CC(=O)N1CCc1ccccc1. The molecule has 2 aliphatic heterocycles. The minimum Gasteiger partial charge on any atom is -0.310 e. The Labute approximate surface area is 206 Å². The van der Waals surface area contributed by atoms with Crippen molar-refractivity contribution in [2.24, 2.45) is 5.92 Å². The minimum atomic E-state index is -4.20. The number of hydrogen-bond acceptors (Lipinski definition) is 5. The Morgan fingerprint density at radius 1 is 1.03 bits per heavy atom. The maximum atomic E-state index is 13.7. The van der Waals surface area contributed by atoms with Crippen molar-refractivity contribution in [2.45, 2.75) is 30.6 Å². The van der Waals surface area contributed by atoms with E-state index >= 15 is 0 Å². The van der Waals surface area contributed by atoms with Crippen LogP contribution in [0.5, 0.6) is 0 Å². The molecule has 2 aromatic rings. The van der Waals surface area contributed by atoms with Gasteiger partial charge in [-0.3, -0.25) is 19.3 Å². The van der Waals surface area contributed by atoms with Crippen LogP contribution in [0.1, 0.15) is 24.0 Å².